The Morgan fingerprint density at radius 3 is 1.74 bits per heavy atom. The molecular formula is C27H34N2O6. The molecule has 1 saturated heterocycles. The summed E-state index contributed by atoms with van der Waals surface area (Å²) in [6.07, 6.45) is 3.73. The molecule has 2 atom stereocenters. The van der Waals surface area contributed by atoms with Crippen molar-refractivity contribution in [1.29, 1.82) is 0 Å². The Morgan fingerprint density at radius 2 is 1.31 bits per heavy atom. The monoisotopic (exact) mass is 482 g/mol. The summed E-state index contributed by atoms with van der Waals surface area (Å²) in [5.74, 6) is -2.31. The van der Waals surface area contributed by atoms with E-state index in [0.717, 1.165) is 25.4 Å². The van der Waals surface area contributed by atoms with Gasteiger partial charge < -0.3 is 31.1 Å². The smallest absolute Gasteiger partial charge is 0.335 e. The van der Waals surface area contributed by atoms with E-state index in [1.165, 1.54) is 48.2 Å². The van der Waals surface area contributed by atoms with Crippen LogP contribution in [0.5, 0.6) is 0 Å². The van der Waals surface area contributed by atoms with Crippen LogP contribution in [-0.4, -0.2) is 75.7 Å². The molecule has 188 valence electrons. The summed E-state index contributed by atoms with van der Waals surface area (Å²) >= 11 is 0. The fourth-order valence-electron chi connectivity index (χ4n) is 4.84. The van der Waals surface area contributed by atoms with Crippen molar-refractivity contribution in [3.63, 3.8) is 0 Å². The Hall–Kier alpha value is -3.04. The number of hydrogen-bond acceptors (Lipinski definition) is 6. The second kappa shape index (κ2) is 12.6. The number of likely N-dealkylation sites (tertiary alicyclic amines) is 1. The van der Waals surface area contributed by atoms with E-state index >= 15 is 0 Å². The van der Waals surface area contributed by atoms with E-state index in [1.54, 1.807) is 0 Å². The third-order valence-electron chi connectivity index (χ3n) is 6.69. The Bertz CT molecular complexity index is 964. The van der Waals surface area contributed by atoms with Crippen molar-refractivity contribution in [2.75, 3.05) is 26.2 Å². The van der Waals surface area contributed by atoms with Crippen molar-refractivity contribution in [3.05, 3.63) is 70.8 Å². The highest BCUT2D eigenvalue weighted by Crippen LogP contribution is 2.43. The largest absolute Gasteiger partial charge is 0.479 e. The van der Waals surface area contributed by atoms with Crippen molar-refractivity contribution in [3.8, 4) is 0 Å². The van der Waals surface area contributed by atoms with Gasteiger partial charge in [-0.15, -0.1) is 0 Å². The van der Waals surface area contributed by atoms with E-state index in [1.807, 2.05) is 0 Å². The fraction of sp³-hybridized carbons (Fsp3) is 0.407. The second-order valence-corrected chi connectivity index (χ2v) is 8.96. The third-order valence-corrected chi connectivity index (χ3v) is 6.69. The van der Waals surface area contributed by atoms with Gasteiger partial charge in [-0.2, -0.15) is 0 Å². The minimum Gasteiger partial charge on any atom is -0.479 e. The molecule has 1 heterocycles. The van der Waals surface area contributed by atoms with Gasteiger partial charge in [0.1, 0.15) is 0 Å². The molecule has 1 fully saturated rings. The van der Waals surface area contributed by atoms with Crippen LogP contribution in [0.1, 0.15) is 47.4 Å². The minimum absolute atomic E-state index is 0.513. The first-order chi connectivity index (χ1) is 16.8. The molecule has 6 N–H and O–H groups in total. The topological polar surface area (TPSA) is 144 Å². The van der Waals surface area contributed by atoms with Crippen molar-refractivity contribution >= 4 is 24.1 Å². The maximum Gasteiger partial charge on any atom is 0.335 e. The Balaban J connectivity index is 0.000000292. The lowest BCUT2D eigenvalue weighted by Crippen LogP contribution is -2.39. The molecule has 8 heteroatoms. The first-order valence-corrected chi connectivity index (χ1v) is 11.9. The molecule has 0 radical (unpaired) electrons. The van der Waals surface area contributed by atoms with Gasteiger partial charge in [0.2, 0.25) is 0 Å². The highest BCUT2D eigenvalue weighted by molar-refractivity contribution is 5.83. The number of carbonyl (C=O) groups is 2. The first-order valence-electron chi connectivity index (χ1n) is 11.9. The molecule has 0 aromatic heterocycles. The number of fused-ring (bicyclic) bond motifs is 2. The molecule has 4 rings (SSSR count). The van der Waals surface area contributed by atoms with E-state index < -0.39 is 24.1 Å². The zero-order valence-electron chi connectivity index (χ0n) is 19.7. The van der Waals surface area contributed by atoms with Crippen LogP contribution in [0.15, 0.2) is 48.5 Å². The normalized spacial score (nSPS) is 17.8. The SMILES string of the molecule is NCCCN1CCC(C2c3ccccc3C=Cc3ccccc32)CC1.O=C(O)C(O)C(O)C(=O)O. The highest BCUT2D eigenvalue weighted by atomic mass is 16.4. The number of aliphatic carboxylic acids is 2. The number of carboxylic acids is 2. The molecule has 0 amide bonds. The molecule has 2 unspecified atom stereocenters. The van der Waals surface area contributed by atoms with Crippen LogP contribution in [0.25, 0.3) is 12.2 Å². The summed E-state index contributed by atoms with van der Waals surface area (Å²) < 4.78 is 0. The van der Waals surface area contributed by atoms with Crippen LogP contribution in [0.3, 0.4) is 0 Å². The van der Waals surface area contributed by atoms with Crippen LogP contribution < -0.4 is 5.73 Å². The number of piperidine rings is 1. The minimum atomic E-state index is -2.27. The number of hydrogen-bond donors (Lipinski definition) is 5. The van der Waals surface area contributed by atoms with Gasteiger partial charge in [0, 0.05) is 5.92 Å². The predicted molar refractivity (Wildman–Crippen MR) is 134 cm³/mol. The number of aliphatic hydroxyl groups is 2. The molecule has 2 aromatic rings. The van der Waals surface area contributed by atoms with Gasteiger partial charge in [-0.05, 0) is 73.6 Å². The van der Waals surface area contributed by atoms with Gasteiger partial charge in [-0.25, -0.2) is 9.59 Å². The second-order valence-electron chi connectivity index (χ2n) is 8.96. The third kappa shape index (κ3) is 6.76. The van der Waals surface area contributed by atoms with E-state index in [-0.39, 0.29) is 0 Å². The lowest BCUT2D eigenvalue weighted by molar-refractivity contribution is -0.165. The lowest BCUT2D eigenvalue weighted by Gasteiger charge is -2.37. The highest BCUT2D eigenvalue weighted by Gasteiger charge is 2.32. The van der Waals surface area contributed by atoms with Gasteiger partial charge >= 0.3 is 11.9 Å². The van der Waals surface area contributed by atoms with Gasteiger partial charge in [0.25, 0.3) is 0 Å². The maximum atomic E-state index is 9.77. The summed E-state index contributed by atoms with van der Waals surface area (Å²) in [4.78, 5) is 22.1. The van der Waals surface area contributed by atoms with Gasteiger partial charge in [-0.3, -0.25) is 0 Å². The van der Waals surface area contributed by atoms with Crippen LogP contribution in [-0.2, 0) is 9.59 Å². The summed E-state index contributed by atoms with van der Waals surface area (Å²) in [5, 5.41) is 32.5. The molecule has 0 bridgehead atoms. The maximum absolute atomic E-state index is 9.77. The Labute approximate surface area is 205 Å². The average molecular weight is 483 g/mol. The Kier molecular flexibility index (Phi) is 9.56. The van der Waals surface area contributed by atoms with E-state index in [4.69, 9.17) is 26.2 Å². The number of rotatable bonds is 7. The standard InChI is InChI=1S/C23H28N2.C4H6O6/c24-14-5-15-25-16-12-20(13-17-25)23-21-8-3-1-6-18(21)10-11-19-7-2-4-9-22(19)23;5-1(3(7)8)2(6)4(9)10/h1-4,6-11,20,23H,5,12-17,24H2;1-2,5-6H,(H,7,8)(H,9,10). The number of nitrogens with zero attached hydrogens (tertiary/aromatic N) is 1. The van der Waals surface area contributed by atoms with E-state index in [0.29, 0.717) is 5.92 Å². The Morgan fingerprint density at radius 1 is 0.857 bits per heavy atom. The van der Waals surface area contributed by atoms with Crippen molar-refractivity contribution in [1.82, 2.24) is 4.90 Å². The number of aliphatic hydroxyl groups excluding tert-OH is 2. The molecule has 1 aliphatic carbocycles. The zero-order valence-corrected chi connectivity index (χ0v) is 19.7. The number of carboxylic acid groups (broad SMARTS) is 2. The molecule has 35 heavy (non-hydrogen) atoms. The number of benzene rings is 2. The molecule has 2 aliphatic rings. The van der Waals surface area contributed by atoms with Gasteiger partial charge in [0.05, 0.1) is 0 Å². The fourth-order valence-corrected chi connectivity index (χ4v) is 4.84. The zero-order chi connectivity index (χ0) is 25.4. The van der Waals surface area contributed by atoms with E-state index in [2.05, 4.69) is 65.6 Å². The van der Waals surface area contributed by atoms with Crippen LogP contribution in [0.2, 0.25) is 0 Å². The predicted octanol–water partition coefficient (Wildman–Crippen LogP) is 2.24. The van der Waals surface area contributed by atoms with Crippen LogP contribution in [0, 0.1) is 5.92 Å². The summed E-state index contributed by atoms with van der Waals surface area (Å²) in [6, 6.07) is 17.9. The molecule has 8 nitrogen and oxygen atoms in total. The molecular weight excluding hydrogens is 448 g/mol. The van der Waals surface area contributed by atoms with Crippen molar-refractivity contribution in [2.45, 2.75) is 37.4 Å². The summed E-state index contributed by atoms with van der Waals surface area (Å²) in [6.45, 7) is 4.37. The first kappa shape index (κ1) is 26.6. The summed E-state index contributed by atoms with van der Waals surface area (Å²) in [7, 11) is 0. The summed E-state index contributed by atoms with van der Waals surface area (Å²) in [5.41, 5.74) is 11.5. The van der Waals surface area contributed by atoms with Crippen molar-refractivity contribution in [2.24, 2.45) is 11.7 Å². The number of nitrogens with two attached hydrogens (primary N) is 1. The lowest BCUT2D eigenvalue weighted by atomic mass is 9.74. The molecule has 1 aliphatic heterocycles. The van der Waals surface area contributed by atoms with Gasteiger partial charge in [0.15, 0.2) is 12.2 Å². The van der Waals surface area contributed by atoms with Gasteiger partial charge in [-0.1, -0.05) is 60.7 Å². The molecule has 0 spiro atoms. The van der Waals surface area contributed by atoms with Crippen LogP contribution in [0.4, 0.5) is 0 Å². The van der Waals surface area contributed by atoms with Crippen molar-refractivity contribution < 1.29 is 30.0 Å². The van der Waals surface area contributed by atoms with Crippen LogP contribution >= 0.6 is 0 Å². The van der Waals surface area contributed by atoms with E-state index in [9.17, 15) is 9.59 Å². The molecule has 2 aromatic carbocycles. The quantitative estimate of drug-likeness (QED) is 0.404. The average Bonchev–Trinajstić information content (AvgIpc) is 3.04. The molecule has 0 saturated carbocycles.